The number of hydrogen-bond acceptors (Lipinski definition) is 4. The number of rotatable bonds is 8. The highest BCUT2D eigenvalue weighted by molar-refractivity contribution is 7.89. The fourth-order valence-corrected chi connectivity index (χ4v) is 3.74. The minimum atomic E-state index is -3.15. The molecule has 0 bridgehead atoms. The van der Waals surface area contributed by atoms with Crippen molar-refractivity contribution in [1.29, 1.82) is 0 Å². The van der Waals surface area contributed by atoms with Gasteiger partial charge in [-0.2, -0.15) is 0 Å². The zero-order valence-corrected chi connectivity index (χ0v) is 13.3. The largest absolute Gasteiger partial charge is 0.395 e. The Balaban J connectivity index is 2.00. The van der Waals surface area contributed by atoms with Crippen LogP contribution >= 0.6 is 0 Å². The van der Waals surface area contributed by atoms with Gasteiger partial charge in [-0.3, -0.25) is 4.90 Å². The Hall–Kier alpha value is -0.950. The highest BCUT2D eigenvalue weighted by atomic mass is 32.2. The fraction of sp³-hybridized carbons (Fsp3) is 0.600. The monoisotopic (exact) mass is 312 g/mol. The molecular formula is C15H24N2O3S. The van der Waals surface area contributed by atoms with Gasteiger partial charge in [-0.25, -0.2) is 13.1 Å². The molecular weight excluding hydrogens is 288 g/mol. The molecule has 1 atom stereocenters. The number of aryl methyl sites for hydroxylation is 1. The second-order valence-corrected chi connectivity index (χ2v) is 7.44. The van der Waals surface area contributed by atoms with E-state index >= 15 is 0 Å². The van der Waals surface area contributed by atoms with Gasteiger partial charge < -0.3 is 5.11 Å². The maximum atomic E-state index is 11.5. The number of fused-ring (bicyclic) bond motifs is 1. The van der Waals surface area contributed by atoms with E-state index in [1.807, 2.05) is 6.07 Å². The Kier molecular flexibility index (Phi) is 5.75. The van der Waals surface area contributed by atoms with Gasteiger partial charge in [-0.15, -0.1) is 0 Å². The zero-order valence-electron chi connectivity index (χ0n) is 12.5. The highest BCUT2D eigenvalue weighted by Crippen LogP contribution is 2.35. The second kappa shape index (κ2) is 7.35. The van der Waals surface area contributed by atoms with Gasteiger partial charge in [-0.05, 0) is 44.0 Å². The summed E-state index contributed by atoms with van der Waals surface area (Å²) in [6.45, 7) is 1.36. The highest BCUT2D eigenvalue weighted by Gasteiger charge is 2.27. The van der Waals surface area contributed by atoms with Gasteiger partial charge in [0.05, 0.1) is 12.4 Å². The average Bonchev–Trinajstić information content (AvgIpc) is 2.90. The third-order valence-electron chi connectivity index (χ3n) is 4.10. The van der Waals surface area contributed by atoms with Gasteiger partial charge >= 0.3 is 0 Å². The molecule has 0 saturated heterocycles. The van der Waals surface area contributed by atoms with E-state index in [1.165, 1.54) is 18.2 Å². The van der Waals surface area contributed by atoms with Crippen molar-refractivity contribution in [2.75, 3.05) is 32.5 Å². The average molecular weight is 312 g/mol. The van der Waals surface area contributed by atoms with Gasteiger partial charge in [0.25, 0.3) is 0 Å². The Morgan fingerprint density at radius 2 is 2.10 bits per heavy atom. The summed E-state index contributed by atoms with van der Waals surface area (Å²) in [4.78, 5) is 2.21. The standard InChI is InChI=1S/C15H24N2O3S/c1-16-21(19,20)12-4-9-17(10-11-18)15-8-7-13-5-2-3-6-14(13)15/h2-3,5-6,15-16,18H,4,7-12H2,1H3. The van der Waals surface area contributed by atoms with Crippen molar-refractivity contribution in [2.24, 2.45) is 0 Å². The Bertz CT molecular complexity index is 560. The normalized spacial score (nSPS) is 18.1. The van der Waals surface area contributed by atoms with Crippen LogP contribution in [0.25, 0.3) is 0 Å². The molecule has 5 nitrogen and oxygen atoms in total. The summed E-state index contributed by atoms with van der Waals surface area (Å²) in [5, 5.41) is 9.28. The molecule has 0 aliphatic heterocycles. The fourth-order valence-electron chi connectivity index (χ4n) is 3.03. The first-order valence-corrected chi connectivity index (χ1v) is 9.06. The maximum absolute atomic E-state index is 11.5. The van der Waals surface area contributed by atoms with Crippen molar-refractivity contribution >= 4 is 10.0 Å². The van der Waals surface area contributed by atoms with Gasteiger partial charge in [0.15, 0.2) is 0 Å². The smallest absolute Gasteiger partial charge is 0.211 e. The minimum absolute atomic E-state index is 0.0947. The summed E-state index contributed by atoms with van der Waals surface area (Å²) in [5.74, 6) is 0.125. The predicted octanol–water partition coefficient (Wildman–Crippen LogP) is 0.907. The number of sulfonamides is 1. The van der Waals surface area contributed by atoms with E-state index in [0.29, 0.717) is 25.6 Å². The molecule has 1 aromatic carbocycles. The van der Waals surface area contributed by atoms with Gasteiger partial charge in [0, 0.05) is 12.6 Å². The number of nitrogens with zero attached hydrogens (tertiary/aromatic N) is 1. The molecule has 6 heteroatoms. The molecule has 0 aromatic heterocycles. The van der Waals surface area contributed by atoms with Crippen LogP contribution < -0.4 is 4.72 Å². The molecule has 1 aliphatic carbocycles. The number of nitrogens with one attached hydrogen (secondary N) is 1. The predicted molar refractivity (Wildman–Crippen MR) is 83.6 cm³/mol. The van der Waals surface area contributed by atoms with Crippen LogP contribution in [0.15, 0.2) is 24.3 Å². The number of aliphatic hydroxyl groups excluding tert-OH is 1. The van der Waals surface area contributed by atoms with Gasteiger partial charge in [-0.1, -0.05) is 24.3 Å². The molecule has 0 saturated carbocycles. The van der Waals surface area contributed by atoms with Crippen molar-refractivity contribution in [3.05, 3.63) is 35.4 Å². The van der Waals surface area contributed by atoms with E-state index in [9.17, 15) is 13.5 Å². The quantitative estimate of drug-likeness (QED) is 0.748. The molecule has 0 heterocycles. The lowest BCUT2D eigenvalue weighted by Crippen LogP contribution is -2.33. The molecule has 1 unspecified atom stereocenters. The molecule has 0 fully saturated rings. The van der Waals surface area contributed by atoms with Gasteiger partial charge in [0.1, 0.15) is 0 Å². The Morgan fingerprint density at radius 1 is 1.33 bits per heavy atom. The lowest BCUT2D eigenvalue weighted by atomic mass is 10.1. The summed E-state index contributed by atoms with van der Waals surface area (Å²) in [7, 11) is -1.71. The number of benzene rings is 1. The first-order valence-electron chi connectivity index (χ1n) is 7.41. The molecule has 21 heavy (non-hydrogen) atoms. The molecule has 1 aliphatic rings. The Morgan fingerprint density at radius 3 is 2.81 bits per heavy atom. The molecule has 0 radical (unpaired) electrons. The third kappa shape index (κ3) is 4.26. The summed E-state index contributed by atoms with van der Waals surface area (Å²) >= 11 is 0. The summed E-state index contributed by atoms with van der Waals surface area (Å²) in [6.07, 6.45) is 2.66. The Labute approximate surface area is 127 Å². The first-order chi connectivity index (χ1) is 10.1. The second-order valence-electron chi connectivity index (χ2n) is 5.39. The molecule has 118 valence electrons. The summed E-state index contributed by atoms with van der Waals surface area (Å²) in [6, 6.07) is 8.68. The number of hydrogen-bond donors (Lipinski definition) is 2. The lowest BCUT2D eigenvalue weighted by Gasteiger charge is -2.29. The van der Waals surface area contributed by atoms with Crippen LogP contribution in [-0.2, 0) is 16.4 Å². The topological polar surface area (TPSA) is 69.6 Å². The third-order valence-corrected chi connectivity index (χ3v) is 5.55. The molecule has 2 rings (SSSR count). The van der Waals surface area contributed by atoms with Crippen LogP contribution in [-0.4, -0.2) is 50.9 Å². The van der Waals surface area contributed by atoms with Crippen molar-refractivity contribution in [3.63, 3.8) is 0 Å². The van der Waals surface area contributed by atoms with Crippen LogP contribution in [0.1, 0.15) is 30.0 Å². The van der Waals surface area contributed by atoms with Crippen LogP contribution in [0.4, 0.5) is 0 Å². The van der Waals surface area contributed by atoms with Crippen molar-refractivity contribution < 1.29 is 13.5 Å². The van der Waals surface area contributed by atoms with E-state index in [2.05, 4.69) is 27.8 Å². The first kappa shape index (κ1) is 16.4. The summed E-state index contributed by atoms with van der Waals surface area (Å²) in [5.41, 5.74) is 2.69. The molecule has 2 N–H and O–H groups in total. The lowest BCUT2D eigenvalue weighted by molar-refractivity contribution is 0.150. The molecule has 0 spiro atoms. The summed E-state index contributed by atoms with van der Waals surface area (Å²) < 4.78 is 25.3. The number of aliphatic hydroxyl groups is 1. The van der Waals surface area contributed by atoms with E-state index in [0.717, 1.165) is 12.8 Å². The van der Waals surface area contributed by atoms with Crippen LogP contribution in [0, 0.1) is 0 Å². The van der Waals surface area contributed by atoms with E-state index < -0.39 is 10.0 Å². The van der Waals surface area contributed by atoms with E-state index in [4.69, 9.17) is 0 Å². The van der Waals surface area contributed by atoms with E-state index in [-0.39, 0.29) is 12.4 Å². The van der Waals surface area contributed by atoms with Crippen molar-refractivity contribution in [1.82, 2.24) is 9.62 Å². The van der Waals surface area contributed by atoms with Crippen LogP contribution in [0.3, 0.4) is 0 Å². The van der Waals surface area contributed by atoms with Gasteiger partial charge in [0.2, 0.25) is 10.0 Å². The zero-order chi connectivity index (χ0) is 15.3. The molecule has 0 amide bonds. The van der Waals surface area contributed by atoms with Crippen molar-refractivity contribution in [3.8, 4) is 0 Å². The van der Waals surface area contributed by atoms with E-state index in [1.54, 1.807) is 0 Å². The minimum Gasteiger partial charge on any atom is -0.395 e. The van der Waals surface area contributed by atoms with Crippen LogP contribution in [0.5, 0.6) is 0 Å². The molecule has 1 aromatic rings. The SMILES string of the molecule is CNS(=O)(=O)CCCN(CCO)C1CCc2ccccc21. The van der Waals surface area contributed by atoms with Crippen molar-refractivity contribution in [2.45, 2.75) is 25.3 Å². The van der Waals surface area contributed by atoms with Crippen LogP contribution in [0.2, 0.25) is 0 Å². The maximum Gasteiger partial charge on any atom is 0.211 e.